The largest absolute Gasteiger partial charge is 0.493 e. The topological polar surface area (TPSA) is 84.9 Å². The Morgan fingerprint density at radius 2 is 1.83 bits per heavy atom. The van der Waals surface area contributed by atoms with E-state index in [1.165, 1.54) is 19.3 Å². The van der Waals surface area contributed by atoms with Gasteiger partial charge in [0.25, 0.3) is 11.8 Å². The lowest BCUT2D eigenvalue weighted by Gasteiger charge is -2.26. The average Bonchev–Trinajstić information content (AvgIpc) is 2.83. The smallest absolute Gasteiger partial charge is 0.335 e. The molecule has 1 N–H and O–H groups in total. The third-order valence-electron chi connectivity index (χ3n) is 5.54. The number of hydrogen-bond acceptors (Lipinski definition) is 5. The van der Waals surface area contributed by atoms with Crippen LogP contribution in [0.5, 0.6) is 11.5 Å². The summed E-state index contributed by atoms with van der Waals surface area (Å²) >= 11 is 9.67. The number of hydrogen-bond donors (Lipinski definition) is 1. The van der Waals surface area contributed by atoms with E-state index in [1.807, 2.05) is 31.2 Å². The molecule has 4 amide bonds. The molecule has 9 heteroatoms. The zero-order valence-corrected chi connectivity index (χ0v) is 22.1. The molecule has 4 rings (SSSR count). The molecule has 3 aromatic carbocycles. The van der Waals surface area contributed by atoms with E-state index in [0.29, 0.717) is 33.2 Å². The van der Waals surface area contributed by atoms with Crippen molar-refractivity contribution in [1.29, 1.82) is 0 Å². The fraction of sp³-hybridized carbons (Fsp3) is 0.148. The van der Waals surface area contributed by atoms with Crippen molar-refractivity contribution < 1.29 is 23.9 Å². The summed E-state index contributed by atoms with van der Waals surface area (Å²) < 4.78 is 12.1. The monoisotopic (exact) mass is 568 g/mol. The van der Waals surface area contributed by atoms with E-state index in [4.69, 9.17) is 21.1 Å². The van der Waals surface area contributed by atoms with Crippen LogP contribution in [0.25, 0.3) is 6.08 Å². The summed E-state index contributed by atoms with van der Waals surface area (Å²) in [5, 5.41) is 2.60. The van der Waals surface area contributed by atoms with Gasteiger partial charge in [-0.25, -0.2) is 9.69 Å². The van der Waals surface area contributed by atoms with Crippen LogP contribution in [0.1, 0.15) is 22.3 Å². The molecule has 184 valence electrons. The summed E-state index contributed by atoms with van der Waals surface area (Å²) in [6.07, 6.45) is 1.39. The third-order valence-corrected chi connectivity index (χ3v) is 6.54. The summed E-state index contributed by atoms with van der Waals surface area (Å²) in [6.45, 7) is 4.14. The molecule has 1 aliphatic rings. The molecule has 0 unspecified atom stereocenters. The maximum absolute atomic E-state index is 13.2. The first-order valence-corrected chi connectivity index (χ1v) is 12.1. The number of aryl methyl sites for hydroxylation is 2. The van der Waals surface area contributed by atoms with Gasteiger partial charge >= 0.3 is 6.03 Å². The van der Waals surface area contributed by atoms with Crippen molar-refractivity contribution in [3.63, 3.8) is 0 Å². The minimum absolute atomic E-state index is 0.214. The van der Waals surface area contributed by atoms with Crippen molar-refractivity contribution in [1.82, 2.24) is 5.32 Å². The number of halogens is 2. The molecular formula is C27H22BrClN2O5. The zero-order chi connectivity index (χ0) is 26.0. The Kier molecular flexibility index (Phi) is 7.47. The van der Waals surface area contributed by atoms with Crippen molar-refractivity contribution in [2.45, 2.75) is 20.5 Å². The maximum atomic E-state index is 13.2. The fourth-order valence-electron chi connectivity index (χ4n) is 3.70. The zero-order valence-electron chi connectivity index (χ0n) is 19.7. The third kappa shape index (κ3) is 5.29. The highest BCUT2D eigenvalue weighted by atomic mass is 79.9. The molecule has 1 fully saturated rings. The number of benzene rings is 3. The number of rotatable bonds is 6. The summed E-state index contributed by atoms with van der Waals surface area (Å²) in [4.78, 5) is 39.1. The molecule has 1 saturated heterocycles. The van der Waals surface area contributed by atoms with E-state index in [2.05, 4.69) is 21.2 Å². The summed E-state index contributed by atoms with van der Waals surface area (Å²) in [7, 11) is 1.50. The average molecular weight is 570 g/mol. The number of barbiturate groups is 1. The van der Waals surface area contributed by atoms with Crippen molar-refractivity contribution in [2.24, 2.45) is 0 Å². The minimum atomic E-state index is -0.847. The molecule has 0 atom stereocenters. The Balaban J connectivity index is 1.65. The molecular weight excluding hydrogens is 548 g/mol. The maximum Gasteiger partial charge on any atom is 0.335 e. The molecule has 0 aliphatic carbocycles. The molecule has 3 aromatic rings. The van der Waals surface area contributed by atoms with Crippen LogP contribution in [0.2, 0.25) is 5.02 Å². The van der Waals surface area contributed by atoms with Gasteiger partial charge in [0.05, 0.1) is 17.3 Å². The second-order valence-corrected chi connectivity index (χ2v) is 9.46. The van der Waals surface area contributed by atoms with Crippen molar-refractivity contribution >= 4 is 57.1 Å². The van der Waals surface area contributed by atoms with Crippen LogP contribution in [0.15, 0.2) is 64.6 Å². The quantitative estimate of drug-likeness (QED) is 0.292. The Labute approximate surface area is 221 Å². The Morgan fingerprint density at radius 3 is 2.53 bits per heavy atom. The normalized spacial score (nSPS) is 14.8. The van der Waals surface area contributed by atoms with Gasteiger partial charge in [0.15, 0.2) is 11.5 Å². The van der Waals surface area contributed by atoms with Gasteiger partial charge in [-0.15, -0.1) is 0 Å². The number of urea groups is 1. The van der Waals surface area contributed by atoms with Crippen molar-refractivity contribution in [3.8, 4) is 11.5 Å². The summed E-state index contributed by atoms with van der Waals surface area (Å²) in [5.41, 5.74) is 3.45. The SMILES string of the molecule is COc1cc(/C=C2/C(=O)NC(=O)N(c3ccc(C)c(Cl)c3)C2=O)cc(Br)c1OCc1cccc(C)c1. The number of carbonyl (C=O) groups excluding carboxylic acids is 3. The van der Waals surface area contributed by atoms with Crippen LogP contribution in [0.3, 0.4) is 0 Å². The van der Waals surface area contributed by atoms with Gasteiger partial charge in [0.2, 0.25) is 0 Å². The number of imide groups is 2. The highest BCUT2D eigenvalue weighted by molar-refractivity contribution is 9.10. The number of amides is 4. The van der Waals surface area contributed by atoms with Crippen molar-refractivity contribution in [2.75, 3.05) is 12.0 Å². The standard InChI is InChI=1S/C27H22BrClN2O5/c1-15-5-4-6-17(9-15)14-36-24-21(28)11-18(12-23(24)35-3)10-20-25(32)30-27(34)31(26(20)33)19-8-7-16(2)22(29)13-19/h4-13H,14H2,1-3H3,(H,30,32,34)/b20-10-. The second-order valence-electron chi connectivity index (χ2n) is 8.20. The Bertz CT molecular complexity index is 1420. The van der Waals surface area contributed by atoms with E-state index < -0.39 is 17.8 Å². The van der Waals surface area contributed by atoms with E-state index in [-0.39, 0.29) is 11.3 Å². The molecule has 0 radical (unpaired) electrons. The molecule has 1 heterocycles. The number of anilines is 1. The van der Waals surface area contributed by atoms with Gasteiger partial charge in [-0.1, -0.05) is 47.5 Å². The lowest BCUT2D eigenvalue weighted by molar-refractivity contribution is -0.122. The summed E-state index contributed by atoms with van der Waals surface area (Å²) in [5.74, 6) is -0.676. The lowest BCUT2D eigenvalue weighted by Crippen LogP contribution is -2.54. The molecule has 0 spiro atoms. The van der Waals surface area contributed by atoms with Gasteiger partial charge in [-0.05, 0) is 76.8 Å². The van der Waals surface area contributed by atoms with E-state index in [1.54, 1.807) is 31.2 Å². The molecule has 36 heavy (non-hydrogen) atoms. The van der Waals surface area contributed by atoms with Crippen LogP contribution in [-0.4, -0.2) is 25.0 Å². The number of ether oxygens (including phenoxy) is 2. The highest BCUT2D eigenvalue weighted by Gasteiger charge is 2.37. The van der Waals surface area contributed by atoms with Gasteiger partial charge in [-0.2, -0.15) is 0 Å². The number of nitrogens with zero attached hydrogens (tertiary/aromatic N) is 1. The van der Waals surface area contributed by atoms with Crippen LogP contribution in [0, 0.1) is 13.8 Å². The van der Waals surface area contributed by atoms with Crippen LogP contribution in [0.4, 0.5) is 10.5 Å². The van der Waals surface area contributed by atoms with E-state index in [9.17, 15) is 14.4 Å². The van der Waals surface area contributed by atoms with Crippen LogP contribution in [-0.2, 0) is 16.2 Å². The number of carbonyl (C=O) groups is 3. The minimum Gasteiger partial charge on any atom is -0.493 e. The first kappa shape index (κ1) is 25.5. The number of nitrogens with one attached hydrogen (secondary N) is 1. The van der Waals surface area contributed by atoms with E-state index >= 15 is 0 Å². The predicted octanol–water partition coefficient (Wildman–Crippen LogP) is 5.97. The fourth-order valence-corrected chi connectivity index (χ4v) is 4.45. The molecule has 7 nitrogen and oxygen atoms in total. The van der Waals surface area contributed by atoms with Gasteiger partial charge < -0.3 is 9.47 Å². The van der Waals surface area contributed by atoms with Gasteiger partial charge in [-0.3, -0.25) is 14.9 Å². The first-order valence-electron chi connectivity index (χ1n) is 10.9. The first-order chi connectivity index (χ1) is 17.2. The van der Waals surface area contributed by atoms with Crippen LogP contribution >= 0.6 is 27.5 Å². The highest BCUT2D eigenvalue weighted by Crippen LogP contribution is 2.38. The second kappa shape index (κ2) is 10.6. The molecule has 0 aromatic heterocycles. The molecule has 0 saturated carbocycles. The Hall–Kier alpha value is -3.62. The predicted molar refractivity (Wildman–Crippen MR) is 141 cm³/mol. The van der Waals surface area contributed by atoms with Gasteiger partial charge in [0.1, 0.15) is 12.2 Å². The Morgan fingerprint density at radius 1 is 1.06 bits per heavy atom. The number of methoxy groups -OCH3 is 1. The van der Waals surface area contributed by atoms with Gasteiger partial charge in [0, 0.05) is 5.02 Å². The molecule has 0 bridgehead atoms. The lowest BCUT2D eigenvalue weighted by atomic mass is 10.1. The summed E-state index contributed by atoms with van der Waals surface area (Å²) in [6, 6.07) is 15.2. The molecule has 1 aliphatic heterocycles. The van der Waals surface area contributed by atoms with Crippen molar-refractivity contribution in [3.05, 3.63) is 91.9 Å². The van der Waals surface area contributed by atoms with Crippen LogP contribution < -0.4 is 19.7 Å². The van der Waals surface area contributed by atoms with E-state index in [0.717, 1.165) is 21.6 Å².